The SMILES string of the molecule is CCCCCOc1ccc([C@@H]2C(=C(O)c3ccc4c(c3)C[C@H](C)O4)C(=O)C(=O)N2c2nnc(C)s2)cc1OCC. The third-order valence-electron chi connectivity index (χ3n) is 6.92. The molecule has 2 aliphatic rings. The Labute approximate surface area is 237 Å². The summed E-state index contributed by atoms with van der Waals surface area (Å²) in [5.41, 5.74) is 1.93. The van der Waals surface area contributed by atoms with Gasteiger partial charge in [0.05, 0.1) is 24.8 Å². The summed E-state index contributed by atoms with van der Waals surface area (Å²) >= 11 is 1.20. The number of aromatic nitrogens is 2. The third-order valence-corrected chi connectivity index (χ3v) is 7.76. The van der Waals surface area contributed by atoms with Crippen LogP contribution in [-0.4, -0.2) is 46.3 Å². The van der Waals surface area contributed by atoms with E-state index in [2.05, 4.69) is 17.1 Å². The fourth-order valence-electron chi connectivity index (χ4n) is 5.07. The van der Waals surface area contributed by atoms with Crippen LogP contribution in [0.15, 0.2) is 42.0 Å². The number of fused-ring (bicyclic) bond motifs is 1. The first-order valence-electron chi connectivity index (χ1n) is 13.6. The Morgan fingerprint density at radius 1 is 1.10 bits per heavy atom. The highest BCUT2D eigenvalue weighted by molar-refractivity contribution is 7.15. The van der Waals surface area contributed by atoms with Gasteiger partial charge in [-0.3, -0.25) is 14.5 Å². The highest BCUT2D eigenvalue weighted by atomic mass is 32.1. The molecule has 2 atom stereocenters. The number of anilines is 1. The molecule has 10 heteroatoms. The fraction of sp³-hybridized carbons (Fsp3) is 0.400. The number of unbranched alkanes of at least 4 members (excludes halogenated alkanes) is 2. The Morgan fingerprint density at radius 3 is 2.65 bits per heavy atom. The quantitative estimate of drug-likeness (QED) is 0.143. The molecule has 1 aromatic heterocycles. The van der Waals surface area contributed by atoms with E-state index in [1.165, 1.54) is 16.2 Å². The molecule has 0 saturated carbocycles. The van der Waals surface area contributed by atoms with E-state index in [-0.39, 0.29) is 22.6 Å². The fourth-order valence-corrected chi connectivity index (χ4v) is 5.78. The minimum Gasteiger partial charge on any atom is -0.507 e. The Balaban J connectivity index is 1.62. The molecule has 2 aromatic carbocycles. The van der Waals surface area contributed by atoms with Gasteiger partial charge >= 0.3 is 5.91 Å². The number of aryl methyl sites for hydroxylation is 1. The van der Waals surface area contributed by atoms with E-state index in [0.29, 0.717) is 47.3 Å². The number of Topliss-reactive ketones (excluding diaryl/α,β-unsaturated/α-hetero) is 1. The van der Waals surface area contributed by atoms with Crippen molar-refractivity contribution in [3.8, 4) is 17.2 Å². The molecule has 0 unspecified atom stereocenters. The summed E-state index contributed by atoms with van der Waals surface area (Å²) in [6.45, 7) is 8.71. The van der Waals surface area contributed by atoms with Crippen LogP contribution in [0, 0.1) is 6.92 Å². The second-order valence-corrected chi connectivity index (χ2v) is 11.1. The van der Waals surface area contributed by atoms with Crippen LogP contribution in [0.5, 0.6) is 17.2 Å². The number of benzene rings is 2. The zero-order valence-corrected chi connectivity index (χ0v) is 23.9. The van der Waals surface area contributed by atoms with Crippen molar-refractivity contribution in [1.82, 2.24) is 10.2 Å². The van der Waals surface area contributed by atoms with Gasteiger partial charge in [0.1, 0.15) is 22.6 Å². The average molecular weight is 564 g/mol. The lowest BCUT2D eigenvalue weighted by Crippen LogP contribution is -2.29. The van der Waals surface area contributed by atoms with Gasteiger partial charge in [-0.25, -0.2) is 0 Å². The molecule has 1 N–H and O–H groups in total. The second kappa shape index (κ2) is 11.7. The zero-order chi connectivity index (χ0) is 28.4. The first-order chi connectivity index (χ1) is 19.3. The lowest BCUT2D eigenvalue weighted by molar-refractivity contribution is -0.132. The number of carbonyl (C=O) groups is 2. The van der Waals surface area contributed by atoms with Crippen LogP contribution >= 0.6 is 11.3 Å². The normalized spacial score (nSPS) is 19.6. The highest BCUT2D eigenvalue weighted by Gasteiger charge is 2.48. The van der Waals surface area contributed by atoms with E-state index < -0.39 is 17.7 Å². The standard InChI is InChI=1S/C30H33N3O6S/c1-5-7-8-13-38-23-12-9-19(16-24(23)37-6-2)26-25(28(35)29(36)33(26)30-32-31-18(4)40-30)27(34)20-10-11-22-21(15-20)14-17(3)39-22/h9-12,15-17,26,34H,5-8,13-14H2,1-4H3/t17-,26+/m0/s1. The summed E-state index contributed by atoms with van der Waals surface area (Å²) in [4.78, 5) is 28.3. The molecular formula is C30H33N3O6S. The molecule has 1 saturated heterocycles. The molecule has 3 aromatic rings. The Kier molecular flexibility index (Phi) is 8.07. The van der Waals surface area contributed by atoms with Crippen LogP contribution in [0.3, 0.4) is 0 Å². The van der Waals surface area contributed by atoms with Crippen molar-refractivity contribution < 1.29 is 28.9 Å². The van der Waals surface area contributed by atoms with Gasteiger partial charge < -0.3 is 19.3 Å². The maximum absolute atomic E-state index is 13.5. The molecule has 3 heterocycles. The summed E-state index contributed by atoms with van der Waals surface area (Å²) in [6.07, 6.45) is 3.78. The number of aliphatic hydroxyl groups excluding tert-OH is 1. The van der Waals surface area contributed by atoms with Gasteiger partial charge in [0.2, 0.25) is 5.13 Å². The molecular weight excluding hydrogens is 530 g/mol. The number of hydrogen-bond acceptors (Lipinski definition) is 9. The van der Waals surface area contributed by atoms with Crippen LogP contribution in [0.1, 0.15) is 67.8 Å². The topological polar surface area (TPSA) is 111 Å². The lowest BCUT2D eigenvalue weighted by Gasteiger charge is -2.23. The van der Waals surface area contributed by atoms with Crippen LogP contribution in [0.2, 0.25) is 0 Å². The molecule has 5 rings (SSSR count). The van der Waals surface area contributed by atoms with E-state index >= 15 is 0 Å². The van der Waals surface area contributed by atoms with Crippen LogP contribution in [-0.2, 0) is 16.0 Å². The summed E-state index contributed by atoms with van der Waals surface area (Å²) in [5.74, 6) is 0.00269. The van der Waals surface area contributed by atoms with E-state index in [1.807, 2.05) is 19.9 Å². The molecule has 40 heavy (non-hydrogen) atoms. The maximum atomic E-state index is 13.5. The van der Waals surface area contributed by atoms with E-state index in [4.69, 9.17) is 14.2 Å². The molecule has 1 amide bonds. The molecule has 210 valence electrons. The van der Waals surface area contributed by atoms with Gasteiger partial charge in [-0.2, -0.15) is 0 Å². The van der Waals surface area contributed by atoms with Crippen molar-refractivity contribution in [3.63, 3.8) is 0 Å². The molecule has 0 spiro atoms. The molecule has 0 radical (unpaired) electrons. The Bertz CT molecular complexity index is 1470. The number of carbonyl (C=O) groups excluding carboxylic acids is 2. The predicted molar refractivity (Wildman–Crippen MR) is 152 cm³/mol. The number of aliphatic hydroxyl groups is 1. The molecule has 2 aliphatic heterocycles. The van der Waals surface area contributed by atoms with Gasteiger partial charge in [0.15, 0.2) is 11.5 Å². The number of hydrogen-bond donors (Lipinski definition) is 1. The largest absolute Gasteiger partial charge is 0.507 e. The molecule has 9 nitrogen and oxygen atoms in total. The minimum absolute atomic E-state index is 0.0242. The van der Waals surface area contributed by atoms with Crippen molar-refractivity contribution >= 4 is 33.9 Å². The Hall–Kier alpha value is -3.92. The van der Waals surface area contributed by atoms with Crippen LogP contribution < -0.4 is 19.1 Å². The minimum atomic E-state index is -0.941. The van der Waals surface area contributed by atoms with E-state index in [1.54, 1.807) is 37.3 Å². The van der Waals surface area contributed by atoms with E-state index in [0.717, 1.165) is 30.6 Å². The van der Waals surface area contributed by atoms with Crippen molar-refractivity contribution in [2.75, 3.05) is 18.1 Å². The summed E-state index contributed by atoms with van der Waals surface area (Å²) in [5, 5.41) is 20.7. The van der Waals surface area contributed by atoms with Gasteiger partial charge in [-0.1, -0.05) is 37.2 Å². The van der Waals surface area contributed by atoms with Gasteiger partial charge in [0, 0.05) is 12.0 Å². The van der Waals surface area contributed by atoms with Crippen molar-refractivity contribution in [2.45, 2.75) is 65.5 Å². The maximum Gasteiger partial charge on any atom is 0.301 e. The van der Waals surface area contributed by atoms with Gasteiger partial charge in [0.25, 0.3) is 5.78 Å². The first kappa shape index (κ1) is 27.6. The van der Waals surface area contributed by atoms with E-state index in [9.17, 15) is 14.7 Å². The summed E-state index contributed by atoms with van der Waals surface area (Å²) < 4.78 is 17.7. The van der Waals surface area contributed by atoms with Crippen molar-refractivity contribution in [1.29, 1.82) is 0 Å². The number of ketones is 1. The van der Waals surface area contributed by atoms with Crippen LogP contribution in [0.25, 0.3) is 5.76 Å². The summed E-state index contributed by atoms with van der Waals surface area (Å²) in [7, 11) is 0. The summed E-state index contributed by atoms with van der Waals surface area (Å²) in [6, 6.07) is 9.69. The molecule has 0 aliphatic carbocycles. The lowest BCUT2D eigenvalue weighted by atomic mass is 9.94. The first-order valence-corrected chi connectivity index (χ1v) is 14.4. The third kappa shape index (κ3) is 5.28. The Morgan fingerprint density at radius 2 is 1.93 bits per heavy atom. The zero-order valence-electron chi connectivity index (χ0n) is 23.1. The average Bonchev–Trinajstić information content (AvgIpc) is 3.61. The number of ether oxygens (including phenoxy) is 3. The number of rotatable bonds is 10. The van der Waals surface area contributed by atoms with Crippen molar-refractivity contribution in [2.24, 2.45) is 0 Å². The van der Waals surface area contributed by atoms with Gasteiger partial charge in [-0.05, 0) is 68.7 Å². The second-order valence-electron chi connectivity index (χ2n) is 9.92. The number of nitrogens with zero attached hydrogens (tertiary/aromatic N) is 3. The van der Waals surface area contributed by atoms with Crippen molar-refractivity contribution in [3.05, 3.63) is 63.7 Å². The highest BCUT2D eigenvalue weighted by Crippen LogP contribution is 2.45. The van der Waals surface area contributed by atoms with Crippen LogP contribution in [0.4, 0.5) is 5.13 Å². The number of amides is 1. The smallest absolute Gasteiger partial charge is 0.301 e. The predicted octanol–water partition coefficient (Wildman–Crippen LogP) is 5.76. The van der Waals surface area contributed by atoms with Gasteiger partial charge in [-0.15, -0.1) is 10.2 Å². The monoisotopic (exact) mass is 563 g/mol. The molecule has 0 bridgehead atoms. The molecule has 1 fully saturated rings.